The van der Waals surface area contributed by atoms with Gasteiger partial charge in [0.15, 0.2) is 0 Å². The highest BCUT2D eigenvalue weighted by Crippen LogP contribution is 2.19. The lowest BCUT2D eigenvalue weighted by Gasteiger charge is -2.18. The molecule has 1 aromatic rings. The fraction of sp³-hybridized carbons (Fsp3) is 0.333. The van der Waals surface area contributed by atoms with Crippen molar-refractivity contribution in [1.82, 2.24) is 4.90 Å². The molecular formula is C12H17N. The topological polar surface area (TPSA) is 3.24 Å². The monoisotopic (exact) mass is 175 g/mol. The number of hydrogen-bond donors (Lipinski definition) is 0. The second-order valence-electron chi connectivity index (χ2n) is 3.38. The van der Waals surface area contributed by atoms with Gasteiger partial charge in [0.2, 0.25) is 0 Å². The standard InChI is InChI=1S/C12H17N/c1-5-12(13(3)4)11-9-7-6-8-10(11)2/h5-9H,1-4H3/b12-5-. The van der Waals surface area contributed by atoms with Crippen molar-refractivity contribution in [2.24, 2.45) is 0 Å². The number of allylic oxidation sites excluding steroid dienone is 1. The van der Waals surface area contributed by atoms with Crippen LogP contribution in [0.5, 0.6) is 0 Å². The van der Waals surface area contributed by atoms with Gasteiger partial charge in [-0.2, -0.15) is 0 Å². The molecule has 0 radical (unpaired) electrons. The molecule has 1 aromatic carbocycles. The first kappa shape index (κ1) is 9.85. The summed E-state index contributed by atoms with van der Waals surface area (Å²) in [4.78, 5) is 2.14. The number of hydrogen-bond acceptors (Lipinski definition) is 1. The van der Waals surface area contributed by atoms with Crippen LogP contribution >= 0.6 is 0 Å². The van der Waals surface area contributed by atoms with E-state index >= 15 is 0 Å². The molecule has 0 amide bonds. The zero-order valence-corrected chi connectivity index (χ0v) is 8.83. The Labute approximate surface area is 80.7 Å². The smallest absolute Gasteiger partial charge is 0.0393 e. The predicted molar refractivity (Wildman–Crippen MR) is 58.5 cm³/mol. The number of benzene rings is 1. The fourth-order valence-corrected chi connectivity index (χ4v) is 1.51. The maximum atomic E-state index is 2.16. The minimum Gasteiger partial charge on any atom is -0.377 e. The molecule has 1 heteroatoms. The zero-order chi connectivity index (χ0) is 9.84. The van der Waals surface area contributed by atoms with E-state index in [0.717, 1.165) is 0 Å². The van der Waals surface area contributed by atoms with Crippen LogP contribution in [0.4, 0.5) is 0 Å². The largest absolute Gasteiger partial charge is 0.377 e. The molecule has 0 aliphatic carbocycles. The van der Waals surface area contributed by atoms with E-state index in [9.17, 15) is 0 Å². The summed E-state index contributed by atoms with van der Waals surface area (Å²) in [6.45, 7) is 4.21. The molecule has 0 spiro atoms. The Kier molecular flexibility index (Phi) is 3.13. The van der Waals surface area contributed by atoms with Gasteiger partial charge in [0, 0.05) is 25.4 Å². The van der Waals surface area contributed by atoms with Crippen LogP contribution in [-0.2, 0) is 0 Å². The summed E-state index contributed by atoms with van der Waals surface area (Å²) in [5, 5.41) is 0. The maximum absolute atomic E-state index is 2.16. The van der Waals surface area contributed by atoms with Crippen molar-refractivity contribution >= 4 is 5.70 Å². The molecule has 0 unspecified atom stereocenters. The van der Waals surface area contributed by atoms with E-state index < -0.39 is 0 Å². The van der Waals surface area contributed by atoms with Crippen molar-refractivity contribution in [2.75, 3.05) is 14.1 Å². The van der Waals surface area contributed by atoms with Gasteiger partial charge >= 0.3 is 0 Å². The van der Waals surface area contributed by atoms with Gasteiger partial charge in [0.05, 0.1) is 0 Å². The summed E-state index contributed by atoms with van der Waals surface area (Å²) in [6.07, 6.45) is 2.14. The van der Waals surface area contributed by atoms with Gasteiger partial charge in [-0.05, 0) is 19.4 Å². The van der Waals surface area contributed by atoms with E-state index in [2.05, 4.69) is 63.2 Å². The summed E-state index contributed by atoms with van der Waals surface area (Å²) in [7, 11) is 4.14. The third kappa shape index (κ3) is 2.11. The van der Waals surface area contributed by atoms with Gasteiger partial charge in [0.1, 0.15) is 0 Å². The summed E-state index contributed by atoms with van der Waals surface area (Å²) >= 11 is 0. The second kappa shape index (κ2) is 4.13. The third-order valence-electron chi connectivity index (χ3n) is 2.18. The Morgan fingerprint density at radius 2 is 1.85 bits per heavy atom. The first-order valence-electron chi connectivity index (χ1n) is 4.56. The van der Waals surface area contributed by atoms with Crippen molar-refractivity contribution in [3.8, 4) is 0 Å². The minimum absolute atomic E-state index is 1.28. The molecule has 0 N–H and O–H groups in total. The molecule has 0 fully saturated rings. The van der Waals surface area contributed by atoms with Crippen LogP contribution in [0.2, 0.25) is 0 Å². The fourth-order valence-electron chi connectivity index (χ4n) is 1.51. The molecular weight excluding hydrogens is 158 g/mol. The quantitative estimate of drug-likeness (QED) is 0.668. The Balaban J connectivity index is 3.13. The number of rotatable bonds is 2. The molecule has 1 rings (SSSR count). The highest BCUT2D eigenvalue weighted by Gasteiger charge is 2.04. The lowest BCUT2D eigenvalue weighted by molar-refractivity contribution is 0.590. The van der Waals surface area contributed by atoms with Crippen molar-refractivity contribution in [2.45, 2.75) is 13.8 Å². The van der Waals surface area contributed by atoms with Gasteiger partial charge in [-0.1, -0.05) is 30.3 Å². The van der Waals surface area contributed by atoms with Gasteiger partial charge in [-0.25, -0.2) is 0 Å². The number of nitrogens with zero attached hydrogens (tertiary/aromatic N) is 1. The molecule has 0 atom stereocenters. The predicted octanol–water partition coefficient (Wildman–Crippen LogP) is 2.92. The highest BCUT2D eigenvalue weighted by atomic mass is 15.1. The molecule has 0 saturated heterocycles. The average molecular weight is 175 g/mol. The van der Waals surface area contributed by atoms with Crippen LogP contribution in [-0.4, -0.2) is 19.0 Å². The minimum atomic E-state index is 1.28. The lowest BCUT2D eigenvalue weighted by Crippen LogP contribution is -2.10. The molecule has 1 nitrogen and oxygen atoms in total. The summed E-state index contributed by atoms with van der Waals surface area (Å²) < 4.78 is 0. The molecule has 0 aromatic heterocycles. The Morgan fingerprint density at radius 3 is 2.31 bits per heavy atom. The van der Waals surface area contributed by atoms with Crippen molar-refractivity contribution in [3.63, 3.8) is 0 Å². The SMILES string of the molecule is C/C=C(/c1ccccc1C)N(C)C. The van der Waals surface area contributed by atoms with Gasteiger partial charge in [-0.15, -0.1) is 0 Å². The maximum Gasteiger partial charge on any atom is 0.0393 e. The van der Waals surface area contributed by atoms with E-state index in [-0.39, 0.29) is 0 Å². The lowest BCUT2D eigenvalue weighted by atomic mass is 10.1. The second-order valence-corrected chi connectivity index (χ2v) is 3.38. The molecule has 13 heavy (non-hydrogen) atoms. The van der Waals surface area contributed by atoms with Gasteiger partial charge < -0.3 is 4.90 Å². The van der Waals surface area contributed by atoms with Crippen LogP contribution in [0.25, 0.3) is 5.70 Å². The molecule has 0 heterocycles. The van der Waals surface area contributed by atoms with Crippen LogP contribution < -0.4 is 0 Å². The summed E-state index contributed by atoms with van der Waals surface area (Å²) in [5.41, 5.74) is 3.91. The zero-order valence-electron chi connectivity index (χ0n) is 8.83. The Morgan fingerprint density at radius 1 is 1.23 bits per heavy atom. The molecule has 0 saturated carbocycles. The van der Waals surface area contributed by atoms with E-state index in [0.29, 0.717) is 0 Å². The van der Waals surface area contributed by atoms with Crippen LogP contribution in [0.3, 0.4) is 0 Å². The van der Waals surface area contributed by atoms with E-state index in [4.69, 9.17) is 0 Å². The van der Waals surface area contributed by atoms with Crippen LogP contribution in [0.1, 0.15) is 18.1 Å². The first-order valence-corrected chi connectivity index (χ1v) is 4.56. The molecule has 0 aliphatic rings. The van der Waals surface area contributed by atoms with Crippen molar-refractivity contribution in [3.05, 3.63) is 41.5 Å². The molecule has 0 bridgehead atoms. The van der Waals surface area contributed by atoms with E-state index in [1.807, 2.05) is 0 Å². The van der Waals surface area contributed by atoms with Crippen molar-refractivity contribution in [1.29, 1.82) is 0 Å². The van der Waals surface area contributed by atoms with Crippen molar-refractivity contribution < 1.29 is 0 Å². The highest BCUT2D eigenvalue weighted by molar-refractivity contribution is 5.66. The molecule has 0 aliphatic heterocycles. The van der Waals surface area contributed by atoms with E-state index in [1.165, 1.54) is 16.8 Å². The average Bonchev–Trinajstić information content (AvgIpc) is 2.09. The number of aryl methyl sites for hydroxylation is 1. The van der Waals surface area contributed by atoms with Gasteiger partial charge in [0.25, 0.3) is 0 Å². The van der Waals surface area contributed by atoms with E-state index in [1.54, 1.807) is 0 Å². The Hall–Kier alpha value is -1.24. The first-order chi connectivity index (χ1) is 6.16. The summed E-state index contributed by atoms with van der Waals surface area (Å²) in [5.74, 6) is 0. The Bertz CT molecular complexity index is 311. The van der Waals surface area contributed by atoms with Crippen LogP contribution in [0.15, 0.2) is 30.3 Å². The molecule has 70 valence electrons. The third-order valence-corrected chi connectivity index (χ3v) is 2.18. The van der Waals surface area contributed by atoms with Gasteiger partial charge in [-0.3, -0.25) is 0 Å². The van der Waals surface area contributed by atoms with Crippen LogP contribution in [0, 0.1) is 6.92 Å². The normalized spacial score (nSPS) is 11.5. The summed E-state index contributed by atoms with van der Waals surface area (Å²) in [6, 6.07) is 8.45.